The van der Waals surface area contributed by atoms with Crippen molar-refractivity contribution < 1.29 is 0 Å². The molecular formula is C23H45N3. The molecule has 1 aliphatic carbocycles. The van der Waals surface area contributed by atoms with E-state index in [1.54, 1.807) is 0 Å². The van der Waals surface area contributed by atoms with Crippen molar-refractivity contribution in [1.29, 1.82) is 5.41 Å². The summed E-state index contributed by atoms with van der Waals surface area (Å²) in [5.74, 6) is 2.08. The van der Waals surface area contributed by atoms with Crippen LogP contribution in [0.25, 0.3) is 0 Å². The maximum absolute atomic E-state index is 7.94. The average Bonchev–Trinajstić information content (AvgIpc) is 2.64. The first kappa shape index (κ1) is 23.2. The van der Waals surface area contributed by atoms with Gasteiger partial charge in [-0.25, -0.2) is 0 Å². The van der Waals surface area contributed by atoms with Gasteiger partial charge >= 0.3 is 0 Å². The molecule has 1 fully saturated rings. The number of hydrogen-bond donors (Lipinski definition) is 3. The predicted octanol–water partition coefficient (Wildman–Crippen LogP) is 6.04. The van der Waals surface area contributed by atoms with Gasteiger partial charge in [-0.1, -0.05) is 90.7 Å². The molecule has 1 aliphatic rings. The van der Waals surface area contributed by atoms with Gasteiger partial charge in [0.05, 0.1) is 6.04 Å². The van der Waals surface area contributed by atoms with Crippen molar-refractivity contribution in [3.63, 3.8) is 0 Å². The second-order valence-electron chi connectivity index (χ2n) is 8.63. The van der Waals surface area contributed by atoms with Gasteiger partial charge in [-0.2, -0.15) is 0 Å². The number of unbranched alkanes of at least 4 members (excludes halogenated alkanes) is 3. The van der Waals surface area contributed by atoms with Gasteiger partial charge in [0.25, 0.3) is 0 Å². The van der Waals surface area contributed by atoms with E-state index in [1.807, 2.05) is 0 Å². The van der Waals surface area contributed by atoms with Gasteiger partial charge in [-0.05, 0) is 37.0 Å². The summed E-state index contributed by atoms with van der Waals surface area (Å²) in [4.78, 5) is 0. The summed E-state index contributed by atoms with van der Waals surface area (Å²) in [7, 11) is 0. The summed E-state index contributed by atoms with van der Waals surface area (Å²) in [6, 6.07) is 0.00162. The van der Waals surface area contributed by atoms with Crippen LogP contribution in [0, 0.1) is 23.2 Å². The van der Waals surface area contributed by atoms with E-state index < -0.39 is 0 Å². The summed E-state index contributed by atoms with van der Waals surface area (Å²) in [6.07, 6.45) is 15.7. The predicted molar refractivity (Wildman–Crippen MR) is 116 cm³/mol. The van der Waals surface area contributed by atoms with Gasteiger partial charge in [0, 0.05) is 6.54 Å². The Labute approximate surface area is 163 Å². The molecule has 3 heteroatoms. The smallest absolute Gasteiger partial charge is 0.108 e. The van der Waals surface area contributed by atoms with Gasteiger partial charge in [0.15, 0.2) is 0 Å². The average molecular weight is 364 g/mol. The Kier molecular flexibility index (Phi) is 11.9. The van der Waals surface area contributed by atoms with Crippen molar-refractivity contribution in [2.75, 3.05) is 6.54 Å². The molecule has 3 nitrogen and oxygen atoms in total. The third-order valence-corrected chi connectivity index (χ3v) is 6.40. The van der Waals surface area contributed by atoms with Crippen LogP contribution in [0.2, 0.25) is 0 Å². The van der Waals surface area contributed by atoms with Crippen LogP contribution >= 0.6 is 0 Å². The van der Waals surface area contributed by atoms with E-state index in [2.05, 4.69) is 32.7 Å². The molecule has 3 unspecified atom stereocenters. The monoisotopic (exact) mass is 363 g/mol. The highest BCUT2D eigenvalue weighted by Crippen LogP contribution is 2.32. The topological polar surface area (TPSA) is 61.9 Å². The van der Waals surface area contributed by atoms with Crippen LogP contribution in [-0.4, -0.2) is 18.4 Å². The Bertz CT molecular complexity index is 398. The molecule has 0 saturated heterocycles. The number of hydrogen-bond acceptors (Lipinski definition) is 2. The van der Waals surface area contributed by atoms with Crippen LogP contribution in [0.3, 0.4) is 0 Å². The number of amidine groups is 1. The fourth-order valence-electron chi connectivity index (χ4n) is 4.33. The third kappa shape index (κ3) is 8.70. The van der Waals surface area contributed by atoms with Crippen molar-refractivity contribution in [3.05, 3.63) is 12.2 Å². The van der Waals surface area contributed by atoms with E-state index in [4.69, 9.17) is 11.1 Å². The summed E-state index contributed by atoms with van der Waals surface area (Å²) >= 11 is 0. The van der Waals surface area contributed by atoms with Crippen LogP contribution in [0.1, 0.15) is 97.8 Å². The molecule has 0 aromatic heterocycles. The molecule has 0 amide bonds. The van der Waals surface area contributed by atoms with Crippen LogP contribution < -0.4 is 11.1 Å². The zero-order valence-electron chi connectivity index (χ0n) is 17.8. The van der Waals surface area contributed by atoms with Crippen LogP contribution in [0.4, 0.5) is 0 Å². The Hall–Kier alpha value is -0.830. The highest BCUT2D eigenvalue weighted by Gasteiger charge is 2.24. The molecule has 0 aromatic carbocycles. The SMILES string of the molecule is C=C(CCCCCC)C(CNC(C(=N)N)C(C)CC)CC1CCCCC1. The van der Waals surface area contributed by atoms with Crippen LogP contribution in [0.5, 0.6) is 0 Å². The van der Waals surface area contributed by atoms with E-state index in [-0.39, 0.29) is 11.9 Å². The molecule has 0 aliphatic heterocycles. The van der Waals surface area contributed by atoms with E-state index in [0.717, 1.165) is 25.3 Å². The van der Waals surface area contributed by atoms with Gasteiger partial charge in [0.2, 0.25) is 0 Å². The van der Waals surface area contributed by atoms with Crippen molar-refractivity contribution >= 4 is 5.84 Å². The lowest BCUT2D eigenvalue weighted by Crippen LogP contribution is -2.47. The number of nitrogens with two attached hydrogens (primary N) is 1. The fourth-order valence-corrected chi connectivity index (χ4v) is 4.33. The van der Waals surface area contributed by atoms with Gasteiger partial charge in [0.1, 0.15) is 5.84 Å². The molecule has 1 rings (SSSR count). The van der Waals surface area contributed by atoms with E-state index in [1.165, 1.54) is 69.8 Å². The molecule has 1 saturated carbocycles. The maximum atomic E-state index is 7.94. The molecule has 0 aromatic rings. The van der Waals surface area contributed by atoms with E-state index in [9.17, 15) is 0 Å². The van der Waals surface area contributed by atoms with Gasteiger partial charge in [-0.3, -0.25) is 5.41 Å². The number of rotatable bonds is 14. The van der Waals surface area contributed by atoms with Crippen LogP contribution in [0.15, 0.2) is 12.2 Å². The highest BCUT2D eigenvalue weighted by molar-refractivity contribution is 5.82. The first-order valence-corrected chi connectivity index (χ1v) is 11.2. The minimum absolute atomic E-state index is 0.00162. The molecule has 3 atom stereocenters. The molecule has 0 spiro atoms. The Morgan fingerprint density at radius 2 is 1.85 bits per heavy atom. The Morgan fingerprint density at radius 3 is 2.42 bits per heavy atom. The zero-order chi connectivity index (χ0) is 19.4. The first-order valence-electron chi connectivity index (χ1n) is 11.2. The molecule has 152 valence electrons. The van der Waals surface area contributed by atoms with Gasteiger partial charge < -0.3 is 11.1 Å². The standard InChI is InChI=1S/C23H45N3/c1-5-7-8-10-13-19(4)21(16-20-14-11-9-12-15-20)17-26-22(23(24)25)18(3)6-2/h18,20-22,26H,4-17H2,1-3H3,(H3,24,25). The van der Waals surface area contributed by atoms with Crippen LogP contribution in [-0.2, 0) is 0 Å². The van der Waals surface area contributed by atoms with Crippen molar-refractivity contribution in [2.24, 2.45) is 23.5 Å². The number of nitrogens with one attached hydrogen (secondary N) is 2. The summed E-state index contributed by atoms with van der Waals surface area (Å²) < 4.78 is 0. The molecule has 0 radical (unpaired) electrons. The van der Waals surface area contributed by atoms with E-state index >= 15 is 0 Å². The zero-order valence-corrected chi connectivity index (χ0v) is 17.8. The van der Waals surface area contributed by atoms with Crippen molar-refractivity contribution in [2.45, 2.75) is 104 Å². The Balaban J connectivity index is 2.62. The van der Waals surface area contributed by atoms with Gasteiger partial charge in [-0.15, -0.1) is 0 Å². The lowest BCUT2D eigenvalue weighted by Gasteiger charge is -2.31. The lowest BCUT2D eigenvalue weighted by molar-refractivity contribution is 0.290. The highest BCUT2D eigenvalue weighted by atomic mass is 15.0. The van der Waals surface area contributed by atoms with Crippen molar-refractivity contribution in [3.8, 4) is 0 Å². The fraction of sp³-hybridized carbons (Fsp3) is 0.870. The summed E-state index contributed by atoms with van der Waals surface area (Å²) in [6.45, 7) is 12.0. The van der Waals surface area contributed by atoms with E-state index in [0.29, 0.717) is 11.8 Å². The maximum Gasteiger partial charge on any atom is 0.108 e. The second kappa shape index (κ2) is 13.4. The second-order valence-corrected chi connectivity index (χ2v) is 8.63. The quantitative estimate of drug-likeness (QED) is 0.152. The van der Waals surface area contributed by atoms with Crippen molar-refractivity contribution in [1.82, 2.24) is 5.32 Å². The summed E-state index contributed by atoms with van der Waals surface area (Å²) in [5, 5.41) is 11.6. The molecule has 26 heavy (non-hydrogen) atoms. The molecule has 4 N–H and O–H groups in total. The lowest BCUT2D eigenvalue weighted by atomic mass is 9.79. The molecular weight excluding hydrogens is 318 g/mol. The Morgan fingerprint density at radius 1 is 1.15 bits per heavy atom. The minimum Gasteiger partial charge on any atom is -0.386 e. The normalized spacial score (nSPS) is 19.0. The third-order valence-electron chi connectivity index (χ3n) is 6.40. The molecule has 0 bridgehead atoms. The molecule has 0 heterocycles. The minimum atomic E-state index is 0.00162. The largest absolute Gasteiger partial charge is 0.386 e. The summed E-state index contributed by atoms with van der Waals surface area (Å²) in [5.41, 5.74) is 7.29. The first-order chi connectivity index (χ1) is 12.5.